The highest BCUT2D eigenvalue weighted by Gasteiger charge is 2.16. The van der Waals surface area contributed by atoms with Gasteiger partial charge in [0.2, 0.25) is 0 Å². The molecule has 1 aromatic carbocycles. The van der Waals surface area contributed by atoms with Gasteiger partial charge in [-0.05, 0) is 30.0 Å². The summed E-state index contributed by atoms with van der Waals surface area (Å²) in [6.45, 7) is 4.36. The van der Waals surface area contributed by atoms with Crippen LogP contribution in [-0.4, -0.2) is 5.16 Å². The highest BCUT2D eigenvalue weighted by molar-refractivity contribution is 6.30. The Hall–Kier alpha value is -1.48. The Morgan fingerprint density at radius 1 is 1.39 bits per heavy atom. The van der Waals surface area contributed by atoms with Gasteiger partial charge in [-0.2, -0.15) is 0 Å². The molecule has 0 amide bonds. The zero-order chi connectivity index (χ0) is 13.1. The van der Waals surface area contributed by atoms with Crippen LogP contribution in [0.15, 0.2) is 28.8 Å². The van der Waals surface area contributed by atoms with Gasteiger partial charge in [0.25, 0.3) is 0 Å². The number of nitrogens with two attached hydrogens (primary N) is 1. The van der Waals surface area contributed by atoms with E-state index in [2.05, 4.69) is 19.0 Å². The molecule has 2 aromatic rings. The Labute approximate surface area is 112 Å². The molecule has 0 bridgehead atoms. The fraction of sp³-hybridized carbons (Fsp3) is 0.357. The van der Waals surface area contributed by atoms with Crippen LogP contribution in [0.3, 0.4) is 0 Å². The molecular formula is C14H17ClN2O. The summed E-state index contributed by atoms with van der Waals surface area (Å²) in [6, 6.07) is 7.58. The lowest BCUT2D eigenvalue weighted by molar-refractivity contribution is 0.376. The maximum absolute atomic E-state index is 6.00. The van der Waals surface area contributed by atoms with Crippen LogP contribution in [0.25, 0.3) is 11.1 Å². The molecule has 0 aliphatic carbocycles. The van der Waals surface area contributed by atoms with E-state index in [1.54, 1.807) is 0 Å². The van der Waals surface area contributed by atoms with Crippen molar-refractivity contribution in [3.8, 4) is 11.1 Å². The number of aryl methyl sites for hydroxylation is 1. The second-order valence-electron chi connectivity index (χ2n) is 4.81. The molecule has 0 fully saturated rings. The quantitative estimate of drug-likeness (QED) is 0.902. The first-order chi connectivity index (χ1) is 8.58. The lowest BCUT2D eigenvalue weighted by Crippen LogP contribution is -1.94. The molecular weight excluding hydrogens is 248 g/mol. The van der Waals surface area contributed by atoms with Gasteiger partial charge in [0.15, 0.2) is 5.82 Å². The van der Waals surface area contributed by atoms with E-state index < -0.39 is 0 Å². The number of hydrogen-bond donors (Lipinski definition) is 1. The second-order valence-corrected chi connectivity index (χ2v) is 5.25. The molecule has 1 aromatic heterocycles. The summed E-state index contributed by atoms with van der Waals surface area (Å²) in [6.07, 6.45) is 1.88. The Morgan fingerprint density at radius 2 is 2.17 bits per heavy atom. The zero-order valence-electron chi connectivity index (χ0n) is 10.6. The minimum Gasteiger partial charge on any atom is -0.380 e. The van der Waals surface area contributed by atoms with E-state index in [1.165, 1.54) is 0 Å². The number of anilines is 1. The van der Waals surface area contributed by atoms with Gasteiger partial charge in [0.1, 0.15) is 5.76 Å². The molecule has 2 rings (SSSR count). The average molecular weight is 265 g/mol. The fourth-order valence-corrected chi connectivity index (χ4v) is 2.07. The van der Waals surface area contributed by atoms with E-state index in [9.17, 15) is 0 Å². The van der Waals surface area contributed by atoms with E-state index in [1.807, 2.05) is 24.3 Å². The molecule has 0 spiro atoms. The van der Waals surface area contributed by atoms with Crippen LogP contribution in [0.2, 0.25) is 5.02 Å². The van der Waals surface area contributed by atoms with E-state index in [4.69, 9.17) is 21.9 Å². The standard InChI is InChI=1S/C14H17ClN2O/c1-9(2)6-7-12-13(14(16)17-18-12)10-4-3-5-11(15)8-10/h3-5,8-9H,6-7H2,1-2H3,(H2,16,17). The highest BCUT2D eigenvalue weighted by Crippen LogP contribution is 2.32. The molecule has 0 aliphatic heterocycles. The fourth-order valence-electron chi connectivity index (χ4n) is 1.88. The monoisotopic (exact) mass is 264 g/mol. The van der Waals surface area contributed by atoms with Crippen molar-refractivity contribution in [2.24, 2.45) is 5.92 Å². The molecule has 0 atom stereocenters. The summed E-state index contributed by atoms with van der Waals surface area (Å²) in [5.74, 6) is 1.88. The molecule has 0 radical (unpaired) electrons. The number of rotatable bonds is 4. The summed E-state index contributed by atoms with van der Waals surface area (Å²) < 4.78 is 5.32. The number of aromatic nitrogens is 1. The van der Waals surface area contributed by atoms with Crippen LogP contribution in [0.4, 0.5) is 5.82 Å². The Bertz CT molecular complexity index is 534. The summed E-state index contributed by atoms with van der Waals surface area (Å²) >= 11 is 6.00. The molecule has 3 nitrogen and oxygen atoms in total. The van der Waals surface area contributed by atoms with Crippen molar-refractivity contribution in [3.05, 3.63) is 35.0 Å². The molecule has 18 heavy (non-hydrogen) atoms. The van der Waals surface area contributed by atoms with Crippen molar-refractivity contribution in [1.29, 1.82) is 0 Å². The lowest BCUT2D eigenvalue weighted by Gasteiger charge is -2.05. The van der Waals surface area contributed by atoms with E-state index in [-0.39, 0.29) is 0 Å². The van der Waals surface area contributed by atoms with Gasteiger partial charge >= 0.3 is 0 Å². The predicted molar refractivity (Wildman–Crippen MR) is 74.5 cm³/mol. The summed E-state index contributed by atoms with van der Waals surface area (Å²) in [5.41, 5.74) is 7.71. The van der Waals surface area contributed by atoms with Crippen molar-refractivity contribution in [2.75, 3.05) is 5.73 Å². The van der Waals surface area contributed by atoms with Crippen LogP contribution in [0.5, 0.6) is 0 Å². The van der Waals surface area contributed by atoms with Crippen molar-refractivity contribution >= 4 is 17.4 Å². The first-order valence-electron chi connectivity index (χ1n) is 6.08. The topological polar surface area (TPSA) is 52.0 Å². The van der Waals surface area contributed by atoms with Crippen molar-refractivity contribution < 1.29 is 4.52 Å². The smallest absolute Gasteiger partial charge is 0.175 e. The van der Waals surface area contributed by atoms with E-state index >= 15 is 0 Å². The van der Waals surface area contributed by atoms with Crippen LogP contribution >= 0.6 is 11.6 Å². The number of halogens is 1. The van der Waals surface area contributed by atoms with Gasteiger partial charge < -0.3 is 10.3 Å². The lowest BCUT2D eigenvalue weighted by atomic mass is 10.0. The first kappa shape index (κ1) is 13.0. The molecule has 0 unspecified atom stereocenters. The van der Waals surface area contributed by atoms with Crippen LogP contribution in [0.1, 0.15) is 26.0 Å². The van der Waals surface area contributed by atoms with Crippen molar-refractivity contribution in [1.82, 2.24) is 5.16 Å². The van der Waals surface area contributed by atoms with Gasteiger partial charge in [-0.1, -0.05) is 42.7 Å². The third-order valence-electron chi connectivity index (χ3n) is 2.85. The van der Waals surface area contributed by atoms with Gasteiger partial charge in [-0.3, -0.25) is 0 Å². The van der Waals surface area contributed by atoms with Gasteiger partial charge in [0, 0.05) is 11.4 Å². The Balaban J connectivity index is 2.34. The van der Waals surface area contributed by atoms with Crippen LogP contribution < -0.4 is 5.73 Å². The van der Waals surface area contributed by atoms with Crippen LogP contribution in [-0.2, 0) is 6.42 Å². The number of benzene rings is 1. The SMILES string of the molecule is CC(C)CCc1onc(N)c1-c1cccc(Cl)c1. The Kier molecular flexibility index (Phi) is 3.92. The van der Waals surface area contributed by atoms with Crippen LogP contribution in [0, 0.1) is 5.92 Å². The molecule has 0 saturated heterocycles. The normalized spacial score (nSPS) is 11.1. The van der Waals surface area contributed by atoms with E-state index in [0.29, 0.717) is 16.8 Å². The second kappa shape index (κ2) is 5.44. The average Bonchev–Trinajstić information content (AvgIpc) is 2.68. The van der Waals surface area contributed by atoms with Crippen molar-refractivity contribution in [2.45, 2.75) is 26.7 Å². The molecule has 96 valence electrons. The molecule has 0 aliphatic rings. The molecule has 1 heterocycles. The third kappa shape index (κ3) is 2.85. The number of nitrogen functional groups attached to an aromatic ring is 1. The number of hydrogen-bond acceptors (Lipinski definition) is 3. The molecule has 2 N–H and O–H groups in total. The molecule has 0 saturated carbocycles. The minimum absolute atomic E-state index is 0.427. The highest BCUT2D eigenvalue weighted by atomic mass is 35.5. The van der Waals surface area contributed by atoms with Gasteiger partial charge in [-0.25, -0.2) is 0 Å². The zero-order valence-corrected chi connectivity index (χ0v) is 11.4. The maximum atomic E-state index is 6.00. The van der Waals surface area contributed by atoms with E-state index in [0.717, 1.165) is 29.7 Å². The van der Waals surface area contributed by atoms with Gasteiger partial charge in [-0.15, -0.1) is 0 Å². The summed E-state index contributed by atoms with van der Waals surface area (Å²) in [7, 11) is 0. The molecule has 4 heteroatoms. The summed E-state index contributed by atoms with van der Waals surface area (Å²) in [5, 5.41) is 4.54. The third-order valence-corrected chi connectivity index (χ3v) is 3.09. The minimum atomic E-state index is 0.427. The van der Waals surface area contributed by atoms with Crippen molar-refractivity contribution in [3.63, 3.8) is 0 Å². The summed E-state index contributed by atoms with van der Waals surface area (Å²) in [4.78, 5) is 0. The predicted octanol–water partition coefficient (Wildman–Crippen LogP) is 4.17. The maximum Gasteiger partial charge on any atom is 0.175 e. The Morgan fingerprint density at radius 3 is 2.83 bits per heavy atom. The largest absolute Gasteiger partial charge is 0.380 e. The first-order valence-corrected chi connectivity index (χ1v) is 6.45. The number of nitrogens with zero attached hydrogens (tertiary/aromatic N) is 1. The van der Waals surface area contributed by atoms with Gasteiger partial charge in [0.05, 0.1) is 5.56 Å².